The Hall–Kier alpha value is -1.72. The summed E-state index contributed by atoms with van der Waals surface area (Å²) in [6.07, 6.45) is 0. The predicted molar refractivity (Wildman–Crippen MR) is 84.5 cm³/mol. The largest absolute Gasteiger partial charge is 0.495 e. The zero-order valence-corrected chi connectivity index (χ0v) is 13.0. The van der Waals surface area contributed by atoms with Gasteiger partial charge in [0.05, 0.1) is 18.4 Å². The van der Waals surface area contributed by atoms with Crippen LogP contribution < -0.4 is 15.8 Å². The molecule has 0 aliphatic heterocycles. The fourth-order valence-electron chi connectivity index (χ4n) is 1.69. The van der Waals surface area contributed by atoms with E-state index in [4.69, 9.17) is 22.1 Å². The highest BCUT2D eigenvalue weighted by atomic mass is 79.9. The zero-order chi connectivity index (χ0) is 14.7. The number of ether oxygens (including phenoxy) is 1. The Morgan fingerprint density at radius 2 is 2.05 bits per heavy atom. The van der Waals surface area contributed by atoms with E-state index in [2.05, 4.69) is 21.2 Å². The van der Waals surface area contributed by atoms with Crippen molar-refractivity contribution in [2.24, 2.45) is 0 Å². The molecule has 2 aromatic rings. The predicted octanol–water partition coefficient (Wildman–Crippen LogP) is 3.95. The normalized spacial score (nSPS) is 10.2. The number of rotatable bonds is 3. The smallest absolute Gasteiger partial charge is 0.257 e. The maximum absolute atomic E-state index is 12.2. The van der Waals surface area contributed by atoms with Crippen molar-refractivity contribution in [3.8, 4) is 5.75 Å². The van der Waals surface area contributed by atoms with Gasteiger partial charge in [-0.3, -0.25) is 4.79 Å². The number of anilines is 2. The van der Waals surface area contributed by atoms with Crippen LogP contribution in [0, 0.1) is 0 Å². The number of hydrogen-bond acceptors (Lipinski definition) is 3. The van der Waals surface area contributed by atoms with Crippen LogP contribution in [0.5, 0.6) is 5.75 Å². The zero-order valence-electron chi connectivity index (χ0n) is 10.6. The first-order valence-corrected chi connectivity index (χ1v) is 6.88. The van der Waals surface area contributed by atoms with E-state index >= 15 is 0 Å². The Kier molecular flexibility index (Phi) is 4.52. The first-order valence-electron chi connectivity index (χ1n) is 5.71. The van der Waals surface area contributed by atoms with Crippen molar-refractivity contribution in [3.05, 3.63) is 51.5 Å². The van der Waals surface area contributed by atoms with Crippen LogP contribution in [0.25, 0.3) is 0 Å². The van der Waals surface area contributed by atoms with E-state index in [-0.39, 0.29) is 5.91 Å². The first kappa shape index (κ1) is 14.7. The van der Waals surface area contributed by atoms with Crippen LogP contribution in [-0.4, -0.2) is 13.0 Å². The minimum atomic E-state index is -0.346. The standard InChI is InChI=1S/C14H12BrClN2O2/c1-20-13-5-2-8(15)6-12(13)18-14(19)10-7-9(16)3-4-11(10)17/h2-7H,17H2,1H3,(H,18,19). The fourth-order valence-corrected chi connectivity index (χ4v) is 2.23. The maximum atomic E-state index is 12.2. The lowest BCUT2D eigenvalue weighted by atomic mass is 10.1. The third-order valence-electron chi connectivity index (χ3n) is 2.67. The number of methoxy groups -OCH3 is 1. The summed E-state index contributed by atoms with van der Waals surface area (Å²) in [5.41, 5.74) is 7.01. The summed E-state index contributed by atoms with van der Waals surface area (Å²) in [7, 11) is 1.53. The van der Waals surface area contributed by atoms with Gasteiger partial charge in [-0.15, -0.1) is 0 Å². The molecule has 2 rings (SSSR count). The second-order valence-electron chi connectivity index (χ2n) is 4.03. The van der Waals surface area contributed by atoms with Crippen molar-refractivity contribution in [1.29, 1.82) is 0 Å². The van der Waals surface area contributed by atoms with Gasteiger partial charge < -0.3 is 15.8 Å². The molecule has 20 heavy (non-hydrogen) atoms. The Morgan fingerprint density at radius 3 is 2.75 bits per heavy atom. The number of nitrogens with two attached hydrogens (primary N) is 1. The molecule has 0 aromatic heterocycles. The fraction of sp³-hybridized carbons (Fsp3) is 0.0714. The molecular weight excluding hydrogens is 344 g/mol. The average molecular weight is 356 g/mol. The van der Waals surface area contributed by atoms with Gasteiger partial charge in [0.2, 0.25) is 0 Å². The molecule has 0 saturated heterocycles. The van der Waals surface area contributed by atoms with Crippen LogP contribution in [0.4, 0.5) is 11.4 Å². The van der Waals surface area contributed by atoms with E-state index in [1.165, 1.54) is 13.2 Å². The van der Waals surface area contributed by atoms with E-state index in [1.54, 1.807) is 24.3 Å². The first-order chi connectivity index (χ1) is 9.51. The van der Waals surface area contributed by atoms with Crippen molar-refractivity contribution < 1.29 is 9.53 Å². The van der Waals surface area contributed by atoms with Gasteiger partial charge in [0, 0.05) is 15.2 Å². The highest BCUT2D eigenvalue weighted by Crippen LogP contribution is 2.29. The van der Waals surface area contributed by atoms with Gasteiger partial charge in [-0.2, -0.15) is 0 Å². The van der Waals surface area contributed by atoms with Crippen molar-refractivity contribution in [2.75, 3.05) is 18.2 Å². The number of hydrogen-bond donors (Lipinski definition) is 2. The SMILES string of the molecule is COc1ccc(Br)cc1NC(=O)c1cc(Cl)ccc1N. The van der Waals surface area contributed by atoms with Gasteiger partial charge in [-0.1, -0.05) is 27.5 Å². The molecule has 0 unspecified atom stereocenters. The van der Waals surface area contributed by atoms with Crippen molar-refractivity contribution in [1.82, 2.24) is 0 Å². The monoisotopic (exact) mass is 354 g/mol. The van der Waals surface area contributed by atoms with Gasteiger partial charge in [0.1, 0.15) is 5.75 Å². The summed E-state index contributed by atoms with van der Waals surface area (Å²) in [5, 5.41) is 3.20. The molecule has 6 heteroatoms. The van der Waals surface area contributed by atoms with Crippen LogP contribution in [0.15, 0.2) is 40.9 Å². The van der Waals surface area contributed by atoms with E-state index in [0.717, 1.165) is 4.47 Å². The summed E-state index contributed by atoms with van der Waals surface area (Å²) in [6, 6.07) is 10.1. The molecule has 0 heterocycles. The van der Waals surface area contributed by atoms with Crippen LogP contribution in [0.1, 0.15) is 10.4 Å². The second-order valence-corrected chi connectivity index (χ2v) is 5.38. The molecule has 0 saturated carbocycles. The van der Waals surface area contributed by atoms with E-state index in [9.17, 15) is 4.79 Å². The van der Waals surface area contributed by atoms with Crippen LogP contribution >= 0.6 is 27.5 Å². The molecule has 0 aliphatic rings. The molecule has 3 N–H and O–H groups in total. The van der Waals surface area contributed by atoms with E-state index < -0.39 is 0 Å². The second kappa shape index (κ2) is 6.15. The van der Waals surface area contributed by atoms with Crippen molar-refractivity contribution in [2.45, 2.75) is 0 Å². The molecular formula is C14H12BrClN2O2. The highest BCUT2D eigenvalue weighted by molar-refractivity contribution is 9.10. The maximum Gasteiger partial charge on any atom is 0.257 e. The van der Waals surface area contributed by atoms with Gasteiger partial charge in [0.15, 0.2) is 0 Å². The lowest BCUT2D eigenvalue weighted by Crippen LogP contribution is -2.14. The Bertz CT molecular complexity index is 662. The third kappa shape index (κ3) is 3.23. The van der Waals surface area contributed by atoms with Gasteiger partial charge in [-0.05, 0) is 36.4 Å². The topological polar surface area (TPSA) is 64.3 Å². The minimum Gasteiger partial charge on any atom is -0.495 e. The third-order valence-corrected chi connectivity index (χ3v) is 3.40. The number of amides is 1. The lowest BCUT2D eigenvalue weighted by molar-refractivity contribution is 0.102. The quantitative estimate of drug-likeness (QED) is 0.820. The molecule has 1 amide bonds. The summed E-state index contributed by atoms with van der Waals surface area (Å²) in [4.78, 5) is 12.2. The molecule has 2 aromatic carbocycles. The van der Waals surface area contributed by atoms with E-state index in [1.807, 2.05) is 6.07 Å². The van der Waals surface area contributed by atoms with Crippen molar-refractivity contribution >= 4 is 44.8 Å². The van der Waals surface area contributed by atoms with Gasteiger partial charge in [-0.25, -0.2) is 0 Å². The van der Waals surface area contributed by atoms with Gasteiger partial charge >= 0.3 is 0 Å². The number of carbonyl (C=O) groups excluding carboxylic acids is 1. The summed E-state index contributed by atoms with van der Waals surface area (Å²) >= 11 is 9.23. The Morgan fingerprint density at radius 1 is 1.30 bits per heavy atom. The van der Waals surface area contributed by atoms with Crippen LogP contribution in [-0.2, 0) is 0 Å². The molecule has 104 valence electrons. The molecule has 0 radical (unpaired) electrons. The average Bonchev–Trinajstić information content (AvgIpc) is 2.41. The summed E-state index contributed by atoms with van der Waals surface area (Å²) in [5.74, 6) is 0.212. The number of benzene rings is 2. The minimum absolute atomic E-state index is 0.319. The van der Waals surface area contributed by atoms with Crippen molar-refractivity contribution in [3.63, 3.8) is 0 Å². The molecule has 0 fully saturated rings. The molecule has 0 atom stereocenters. The van der Waals surface area contributed by atoms with Gasteiger partial charge in [0.25, 0.3) is 5.91 Å². The molecule has 0 aliphatic carbocycles. The van der Waals surface area contributed by atoms with Crippen LogP contribution in [0.3, 0.4) is 0 Å². The number of carbonyl (C=O) groups is 1. The summed E-state index contributed by atoms with van der Waals surface area (Å²) < 4.78 is 6.02. The Labute approximate surface area is 130 Å². The molecule has 0 bridgehead atoms. The van der Waals surface area contributed by atoms with Crippen LogP contribution in [0.2, 0.25) is 5.02 Å². The number of nitrogens with one attached hydrogen (secondary N) is 1. The highest BCUT2D eigenvalue weighted by Gasteiger charge is 2.13. The molecule has 0 spiro atoms. The van der Waals surface area contributed by atoms with E-state index in [0.29, 0.717) is 27.7 Å². The lowest BCUT2D eigenvalue weighted by Gasteiger charge is -2.12. The number of nitrogen functional groups attached to an aromatic ring is 1. The Balaban J connectivity index is 2.32. The number of halogens is 2. The molecule has 4 nitrogen and oxygen atoms in total. The summed E-state index contributed by atoms with van der Waals surface area (Å²) in [6.45, 7) is 0.